The molecule has 5 nitrogen and oxygen atoms in total. The number of nitrogens with zero attached hydrogens (tertiary/aromatic N) is 3. The molecule has 1 aliphatic carbocycles. The van der Waals surface area contributed by atoms with E-state index >= 15 is 0 Å². The monoisotopic (exact) mass is 405 g/mol. The largest absolute Gasteiger partial charge is 0.339 e. The fourth-order valence-corrected chi connectivity index (χ4v) is 4.92. The Labute approximate surface area is 179 Å². The molecule has 1 aromatic heterocycles. The smallest absolute Gasteiger partial charge is 0.245 e. The molecular weight excluding hydrogens is 374 g/mol. The van der Waals surface area contributed by atoms with Gasteiger partial charge in [-0.2, -0.15) is 0 Å². The number of benzene rings is 1. The molecule has 0 N–H and O–H groups in total. The van der Waals surface area contributed by atoms with E-state index < -0.39 is 6.04 Å². The molecule has 1 aromatic carbocycles. The van der Waals surface area contributed by atoms with Gasteiger partial charge in [0.05, 0.1) is 0 Å². The van der Waals surface area contributed by atoms with Crippen LogP contribution in [0.15, 0.2) is 48.8 Å². The first kappa shape index (κ1) is 20.6. The highest BCUT2D eigenvalue weighted by molar-refractivity contribution is 5.90. The van der Waals surface area contributed by atoms with E-state index in [1.54, 1.807) is 12.4 Å². The van der Waals surface area contributed by atoms with Crippen molar-refractivity contribution in [3.63, 3.8) is 0 Å². The fourth-order valence-electron chi connectivity index (χ4n) is 4.92. The summed E-state index contributed by atoms with van der Waals surface area (Å²) in [5, 5.41) is 0. The second kappa shape index (κ2) is 9.41. The Balaban J connectivity index is 1.64. The molecule has 0 unspecified atom stereocenters. The van der Waals surface area contributed by atoms with Crippen LogP contribution in [0.5, 0.6) is 0 Å². The van der Waals surface area contributed by atoms with Crippen molar-refractivity contribution in [1.82, 2.24) is 14.8 Å². The van der Waals surface area contributed by atoms with Crippen LogP contribution in [0.4, 0.5) is 0 Å². The van der Waals surface area contributed by atoms with Crippen molar-refractivity contribution in [3.05, 3.63) is 54.4 Å². The molecule has 4 rings (SSSR count). The van der Waals surface area contributed by atoms with Gasteiger partial charge < -0.3 is 9.80 Å². The van der Waals surface area contributed by atoms with Crippen molar-refractivity contribution in [2.75, 3.05) is 19.6 Å². The van der Waals surface area contributed by atoms with Gasteiger partial charge in [0.2, 0.25) is 11.8 Å². The minimum atomic E-state index is -0.415. The fraction of sp³-hybridized carbons (Fsp3) is 0.480. The average Bonchev–Trinajstić information content (AvgIpc) is 3.32. The van der Waals surface area contributed by atoms with Crippen LogP contribution < -0.4 is 0 Å². The number of amides is 2. The standard InChI is InChI=1S/C25H31N3O2/c1-2-15-27-16-17-28(24(29)20-7-3-4-8-20)23(25(27)30)18-21-9-5-6-10-22(21)19-11-13-26-14-12-19/h5-6,9-14,20,23H,2-4,7-8,15-18H2,1H3/t23-/m0/s1. The molecule has 0 spiro atoms. The highest BCUT2D eigenvalue weighted by Gasteiger charge is 2.40. The highest BCUT2D eigenvalue weighted by Crippen LogP contribution is 2.30. The summed E-state index contributed by atoms with van der Waals surface area (Å²) in [6.45, 7) is 4.14. The zero-order valence-corrected chi connectivity index (χ0v) is 17.8. The van der Waals surface area contributed by atoms with Crippen LogP contribution in [0.1, 0.15) is 44.6 Å². The van der Waals surface area contributed by atoms with Gasteiger partial charge in [0, 0.05) is 44.4 Å². The second-order valence-corrected chi connectivity index (χ2v) is 8.45. The van der Waals surface area contributed by atoms with E-state index in [2.05, 4.69) is 24.0 Å². The summed E-state index contributed by atoms with van der Waals surface area (Å²) in [6.07, 6.45) is 9.22. The summed E-state index contributed by atoms with van der Waals surface area (Å²) in [6, 6.07) is 11.8. The molecule has 1 aliphatic heterocycles. The number of hydrogen-bond donors (Lipinski definition) is 0. The Kier molecular flexibility index (Phi) is 6.46. The molecule has 2 heterocycles. The third-order valence-electron chi connectivity index (χ3n) is 6.49. The quantitative estimate of drug-likeness (QED) is 0.732. The summed E-state index contributed by atoms with van der Waals surface area (Å²) in [7, 11) is 0. The Bertz CT molecular complexity index is 877. The summed E-state index contributed by atoms with van der Waals surface area (Å²) in [4.78, 5) is 34.7. The molecule has 2 aromatic rings. The lowest BCUT2D eigenvalue weighted by molar-refractivity contribution is -0.153. The van der Waals surface area contributed by atoms with Gasteiger partial charge in [0.25, 0.3) is 0 Å². The molecule has 5 heteroatoms. The van der Waals surface area contributed by atoms with Crippen LogP contribution >= 0.6 is 0 Å². The Hall–Kier alpha value is -2.69. The van der Waals surface area contributed by atoms with E-state index in [-0.39, 0.29) is 17.7 Å². The van der Waals surface area contributed by atoms with Crippen molar-refractivity contribution >= 4 is 11.8 Å². The summed E-state index contributed by atoms with van der Waals surface area (Å²) in [5.41, 5.74) is 3.29. The van der Waals surface area contributed by atoms with Gasteiger partial charge in [-0.05, 0) is 48.1 Å². The molecule has 158 valence electrons. The predicted molar refractivity (Wildman–Crippen MR) is 118 cm³/mol. The molecule has 2 fully saturated rings. The molecule has 0 radical (unpaired) electrons. The maximum Gasteiger partial charge on any atom is 0.245 e. The number of hydrogen-bond acceptors (Lipinski definition) is 3. The second-order valence-electron chi connectivity index (χ2n) is 8.45. The first-order valence-corrected chi connectivity index (χ1v) is 11.3. The van der Waals surface area contributed by atoms with Crippen LogP contribution in [-0.4, -0.2) is 52.3 Å². The molecule has 2 aliphatic rings. The van der Waals surface area contributed by atoms with E-state index in [0.29, 0.717) is 19.5 Å². The molecular formula is C25H31N3O2. The van der Waals surface area contributed by atoms with Crippen LogP contribution in [0.2, 0.25) is 0 Å². The van der Waals surface area contributed by atoms with E-state index in [4.69, 9.17) is 0 Å². The number of piperazine rings is 1. The highest BCUT2D eigenvalue weighted by atomic mass is 16.2. The van der Waals surface area contributed by atoms with Crippen LogP contribution in [0, 0.1) is 5.92 Å². The molecule has 30 heavy (non-hydrogen) atoms. The maximum atomic E-state index is 13.4. The van der Waals surface area contributed by atoms with Crippen molar-refractivity contribution in [2.24, 2.45) is 5.92 Å². The molecule has 1 saturated heterocycles. The van der Waals surface area contributed by atoms with Crippen molar-refractivity contribution < 1.29 is 9.59 Å². The summed E-state index contributed by atoms with van der Waals surface area (Å²) in [5.74, 6) is 0.371. The van der Waals surface area contributed by atoms with Gasteiger partial charge in [0.15, 0.2) is 0 Å². The van der Waals surface area contributed by atoms with Gasteiger partial charge >= 0.3 is 0 Å². The lowest BCUT2D eigenvalue weighted by atomic mass is 9.92. The van der Waals surface area contributed by atoms with Gasteiger partial charge in [-0.3, -0.25) is 14.6 Å². The SMILES string of the molecule is CCCN1CCN(C(=O)C2CCCC2)[C@@H](Cc2ccccc2-c2ccncc2)C1=O. The summed E-state index contributed by atoms with van der Waals surface area (Å²) >= 11 is 0. The predicted octanol–water partition coefficient (Wildman–Crippen LogP) is 3.93. The lowest BCUT2D eigenvalue weighted by Crippen LogP contribution is -2.60. The van der Waals surface area contributed by atoms with E-state index in [0.717, 1.165) is 55.3 Å². The number of rotatable bonds is 6. The number of carbonyl (C=O) groups excluding carboxylic acids is 2. The van der Waals surface area contributed by atoms with Crippen LogP contribution in [0.25, 0.3) is 11.1 Å². The molecule has 2 amide bonds. The first-order chi connectivity index (χ1) is 14.7. The topological polar surface area (TPSA) is 53.5 Å². The molecule has 1 atom stereocenters. The Morgan fingerprint density at radius 1 is 1.07 bits per heavy atom. The van der Waals surface area contributed by atoms with E-state index in [9.17, 15) is 9.59 Å². The van der Waals surface area contributed by atoms with Crippen molar-refractivity contribution in [3.8, 4) is 11.1 Å². The minimum Gasteiger partial charge on any atom is -0.339 e. The Morgan fingerprint density at radius 3 is 2.53 bits per heavy atom. The number of aromatic nitrogens is 1. The van der Waals surface area contributed by atoms with Crippen LogP contribution in [-0.2, 0) is 16.0 Å². The number of carbonyl (C=O) groups is 2. The van der Waals surface area contributed by atoms with Gasteiger partial charge in [-0.1, -0.05) is 44.0 Å². The number of pyridine rings is 1. The summed E-state index contributed by atoms with van der Waals surface area (Å²) < 4.78 is 0. The minimum absolute atomic E-state index is 0.0912. The third kappa shape index (κ3) is 4.25. The van der Waals surface area contributed by atoms with E-state index in [1.807, 2.05) is 34.1 Å². The zero-order chi connectivity index (χ0) is 20.9. The van der Waals surface area contributed by atoms with Gasteiger partial charge in [0.1, 0.15) is 6.04 Å². The van der Waals surface area contributed by atoms with Crippen LogP contribution in [0.3, 0.4) is 0 Å². The van der Waals surface area contributed by atoms with E-state index in [1.165, 1.54) is 0 Å². The molecule has 0 bridgehead atoms. The van der Waals surface area contributed by atoms with Gasteiger partial charge in [-0.25, -0.2) is 0 Å². The first-order valence-electron chi connectivity index (χ1n) is 11.3. The lowest BCUT2D eigenvalue weighted by Gasteiger charge is -2.42. The van der Waals surface area contributed by atoms with Gasteiger partial charge in [-0.15, -0.1) is 0 Å². The average molecular weight is 406 g/mol. The van der Waals surface area contributed by atoms with Crippen molar-refractivity contribution in [1.29, 1.82) is 0 Å². The molecule has 1 saturated carbocycles. The Morgan fingerprint density at radius 2 is 1.80 bits per heavy atom. The third-order valence-corrected chi connectivity index (χ3v) is 6.49. The normalized spacial score (nSPS) is 20.0. The zero-order valence-electron chi connectivity index (χ0n) is 17.8. The maximum absolute atomic E-state index is 13.4. The van der Waals surface area contributed by atoms with Crippen molar-refractivity contribution in [2.45, 2.75) is 51.5 Å².